The van der Waals surface area contributed by atoms with Crippen LogP contribution in [0.4, 0.5) is 4.39 Å². The highest BCUT2D eigenvalue weighted by atomic mass is 19.1. The average molecular weight is 269 g/mol. The highest BCUT2D eigenvalue weighted by molar-refractivity contribution is 5.80. The molecule has 1 aromatic carbocycles. The maximum atomic E-state index is 13.4. The Morgan fingerprint density at radius 1 is 1.42 bits per heavy atom. The number of rotatable bonds is 6. The van der Waals surface area contributed by atoms with Gasteiger partial charge in [-0.25, -0.2) is 4.39 Å². The molecule has 0 aromatic heterocycles. The molecular weight excluding hydrogens is 249 g/mol. The van der Waals surface area contributed by atoms with Crippen molar-refractivity contribution in [3.63, 3.8) is 0 Å². The lowest BCUT2D eigenvalue weighted by molar-refractivity contribution is -0.136. The second-order valence-corrected chi connectivity index (χ2v) is 4.59. The summed E-state index contributed by atoms with van der Waals surface area (Å²) < 4.78 is 18.7. The van der Waals surface area contributed by atoms with Gasteiger partial charge in [-0.1, -0.05) is 12.1 Å². The Morgan fingerprint density at radius 2 is 2.05 bits per heavy atom. The summed E-state index contributed by atoms with van der Waals surface area (Å²) in [7, 11) is 1.63. The van der Waals surface area contributed by atoms with Gasteiger partial charge in [-0.05, 0) is 32.4 Å². The number of hydrogen-bond donors (Lipinski definition) is 1. The van der Waals surface area contributed by atoms with E-state index in [0.717, 1.165) is 0 Å². The van der Waals surface area contributed by atoms with Crippen LogP contribution in [0.3, 0.4) is 0 Å². The van der Waals surface area contributed by atoms with E-state index >= 15 is 0 Å². The molecule has 0 aliphatic heterocycles. The van der Waals surface area contributed by atoms with Gasteiger partial charge in [-0.2, -0.15) is 0 Å². The van der Waals surface area contributed by atoms with E-state index in [9.17, 15) is 14.3 Å². The van der Waals surface area contributed by atoms with E-state index in [-0.39, 0.29) is 11.7 Å². The largest absolute Gasteiger partial charge is 0.478 e. The Labute approximate surface area is 112 Å². The van der Waals surface area contributed by atoms with Gasteiger partial charge in [-0.15, -0.1) is 0 Å². The van der Waals surface area contributed by atoms with E-state index in [4.69, 9.17) is 4.74 Å². The zero-order valence-electron chi connectivity index (χ0n) is 11.5. The molecule has 2 atom stereocenters. The maximum absolute atomic E-state index is 13.4. The third kappa shape index (κ3) is 4.87. The SMILES string of the molecule is CC(O)CCN(C)C(=O)C(C)Oc1ccccc1F. The first-order valence-electron chi connectivity index (χ1n) is 6.26. The molecule has 1 rings (SSSR count). The van der Waals surface area contributed by atoms with Crippen LogP contribution in [0.1, 0.15) is 20.3 Å². The number of carbonyl (C=O) groups excluding carboxylic acids is 1. The highest BCUT2D eigenvalue weighted by Crippen LogP contribution is 2.17. The molecule has 0 saturated heterocycles. The molecule has 0 bridgehead atoms. The van der Waals surface area contributed by atoms with Crippen LogP contribution in [0, 0.1) is 5.82 Å². The summed E-state index contributed by atoms with van der Waals surface area (Å²) in [4.78, 5) is 13.4. The van der Waals surface area contributed by atoms with Gasteiger partial charge in [0.15, 0.2) is 17.7 Å². The van der Waals surface area contributed by atoms with Crippen molar-refractivity contribution in [3.8, 4) is 5.75 Å². The van der Waals surface area contributed by atoms with Crippen molar-refractivity contribution in [3.05, 3.63) is 30.1 Å². The van der Waals surface area contributed by atoms with Gasteiger partial charge in [-0.3, -0.25) is 4.79 Å². The number of aliphatic hydroxyl groups excluding tert-OH is 1. The third-order valence-electron chi connectivity index (χ3n) is 2.75. The van der Waals surface area contributed by atoms with Gasteiger partial charge in [0.05, 0.1) is 6.10 Å². The third-order valence-corrected chi connectivity index (χ3v) is 2.75. The Kier molecular flexibility index (Phi) is 5.76. The van der Waals surface area contributed by atoms with Gasteiger partial charge in [0.1, 0.15) is 0 Å². The Morgan fingerprint density at radius 3 is 2.63 bits per heavy atom. The number of halogens is 1. The minimum atomic E-state index is -0.768. The normalized spacial score (nSPS) is 13.7. The number of ether oxygens (including phenoxy) is 1. The first kappa shape index (κ1) is 15.4. The molecule has 1 N–H and O–H groups in total. The minimum Gasteiger partial charge on any atom is -0.478 e. The lowest BCUT2D eigenvalue weighted by Gasteiger charge is -2.22. The van der Waals surface area contributed by atoms with Gasteiger partial charge in [0, 0.05) is 13.6 Å². The smallest absolute Gasteiger partial charge is 0.263 e. The fourth-order valence-electron chi connectivity index (χ4n) is 1.58. The Bertz CT molecular complexity index is 423. The second-order valence-electron chi connectivity index (χ2n) is 4.59. The molecular formula is C14H20FNO3. The molecule has 1 amide bonds. The molecule has 0 spiro atoms. The Hall–Kier alpha value is -1.62. The molecule has 106 valence electrons. The standard InChI is InChI=1S/C14H20FNO3/c1-10(17)8-9-16(3)14(18)11(2)19-13-7-5-4-6-12(13)15/h4-7,10-11,17H,8-9H2,1-3H3. The second kappa shape index (κ2) is 7.09. The minimum absolute atomic E-state index is 0.0623. The molecule has 5 heteroatoms. The Balaban J connectivity index is 2.55. The number of carbonyl (C=O) groups is 1. The van der Waals surface area contributed by atoms with Crippen molar-refractivity contribution >= 4 is 5.91 Å². The summed E-state index contributed by atoms with van der Waals surface area (Å²) >= 11 is 0. The van der Waals surface area contributed by atoms with E-state index in [1.165, 1.54) is 17.0 Å². The number of aliphatic hydroxyl groups is 1. The summed E-state index contributed by atoms with van der Waals surface area (Å²) in [6.07, 6.45) is -0.733. The highest BCUT2D eigenvalue weighted by Gasteiger charge is 2.20. The summed E-state index contributed by atoms with van der Waals surface area (Å²) in [5, 5.41) is 9.17. The molecule has 0 fully saturated rings. The van der Waals surface area contributed by atoms with Crippen molar-refractivity contribution in [1.29, 1.82) is 0 Å². The van der Waals surface area contributed by atoms with Crippen LogP contribution >= 0.6 is 0 Å². The molecule has 4 nitrogen and oxygen atoms in total. The van der Waals surface area contributed by atoms with Crippen molar-refractivity contribution in [1.82, 2.24) is 4.90 Å². The van der Waals surface area contributed by atoms with E-state index in [1.54, 1.807) is 33.0 Å². The molecule has 0 heterocycles. The predicted molar refractivity (Wildman–Crippen MR) is 70.4 cm³/mol. The molecule has 19 heavy (non-hydrogen) atoms. The average Bonchev–Trinajstić information content (AvgIpc) is 2.37. The van der Waals surface area contributed by atoms with Crippen molar-refractivity contribution in [2.45, 2.75) is 32.5 Å². The summed E-state index contributed by atoms with van der Waals surface area (Å²) in [5.74, 6) is -0.676. The fraction of sp³-hybridized carbons (Fsp3) is 0.500. The van der Waals surface area contributed by atoms with Gasteiger partial charge in [0.25, 0.3) is 5.91 Å². The van der Waals surface area contributed by atoms with E-state index < -0.39 is 18.0 Å². The quantitative estimate of drug-likeness (QED) is 0.857. The zero-order chi connectivity index (χ0) is 14.4. The summed E-state index contributed by atoms with van der Waals surface area (Å²) in [6, 6.07) is 5.97. The fourth-order valence-corrected chi connectivity index (χ4v) is 1.58. The number of hydrogen-bond acceptors (Lipinski definition) is 3. The first-order valence-corrected chi connectivity index (χ1v) is 6.26. The van der Waals surface area contributed by atoms with Crippen LogP contribution in [-0.2, 0) is 4.79 Å². The van der Waals surface area contributed by atoms with Crippen molar-refractivity contribution in [2.75, 3.05) is 13.6 Å². The molecule has 0 aliphatic rings. The van der Waals surface area contributed by atoms with Crippen LogP contribution < -0.4 is 4.74 Å². The lowest BCUT2D eigenvalue weighted by atomic mass is 10.2. The van der Waals surface area contributed by atoms with E-state index in [2.05, 4.69) is 0 Å². The van der Waals surface area contributed by atoms with Crippen LogP contribution in [0.2, 0.25) is 0 Å². The maximum Gasteiger partial charge on any atom is 0.263 e. The monoisotopic (exact) mass is 269 g/mol. The lowest BCUT2D eigenvalue weighted by Crippen LogP contribution is -2.39. The number of para-hydroxylation sites is 1. The predicted octanol–water partition coefficient (Wildman–Crippen LogP) is 1.82. The summed E-state index contributed by atoms with van der Waals surface area (Å²) in [5.41, 5.74) is 0. The topological polar surface area (TPSA) is 49.8 Å². The first-order chi connectivity index (χ1) is 8.91. The zero-order valence-corrected chi connectivity index (χ0v) is 11.5. The number of nitrogens with zero attached hydrogens (tertiary/aromatic N) is 1. The van der Waals surface area contributed by atoms with Crippen LogP contribution in [-0.4, -0.2) is 41.7 Å². The number of likely N-dealkylation sites (N-methyl/N-ethyl adjacent to an activating group) is 1. The number of amides is 1. The molecule has 0 saturated carbocycles. The van der Waals surface area contributed by atoms with Crippen LogP contribution in [0.25, 0.3) is 0 Å². The molecule has 1 aromatic rings. The van der Waals surface area contributed by atoms with Crippen LogP contribution in [0.5, 0.6) is 5.75 Å². The number of benzene rings is 1. The van der Waals surface area contributed by atoms with E-state index in [0.29, 0.717) is 13.0 Å². The van der Waals surface area contributed by atoms with Crippen molar-refractivity contribution in [2.24, 2.45) is 0 Å². The van der Waals surface area contributed by atoms with Gasteiger partial charge >= 0.3 is 0 Å². The van der Waals surface area contributed by atoms with Gasteiger partial charge in [0.2, 0.25) is 0 Å². The van der Waals surface area contributed by atoms with Crippen molar-refractivity contribution < 1.29 is 19.0 Å². The van der Waals surface area contributed by atoms with Gasteiger partial charge < -0.3 is 14.7 Å². The van der Waals surface area contributed by atoms with Crippen LogP contribution in [0.15, 0.2) is 24.3 Å². The molecule has 0 radical (unpaired) electrons. The molecule has 2 unspecified atom stereocenters. The van der Waals surface area contributed by atoms with E-state index in [1.807, 2.05) is 0 Å². The summed E-state index contributed by atoms with van der Waals surface area (Å²) in [6.45, 7) is 3.67. The molecule has 0 aliphatic carbocycles.